The lowest BCUT2D eigenvalue weighted by Crippen LogP contribution is -2.27. The number of carbonyl (C=O) groups excluding carboxylic acids is 2. The molecule has 1 amide bonds. The number of allylic oxidation sites excluding steroid dienone is 1. The smallest absolute Gasteiger partial charge is 0.224 e. The van der Waals surface area contributed by atoms with Crippen molar-refractivity contribution in [1.29, 1.82) is 0 Å². The first kappa shape index (κ1) is 17.8. The predicted molar refractivity (Wildman–Crippen MR) is 106 cm³/mol. The van der Waals surface area contributed by atoms with Crippen LogP contribution in [0.3, 0.4) is 0 Å². The first-order valence-electron chi connectivity index (χ1n) is 8.31. The van der Waals surface area contributed by atoms with E-state index < -0.39 is 0 Å². The highest BCUT2D eigenvalue weighted by atomic mass is 32.1. The summed E-state index contributed by atoms with van der Waals surface area (Å²) in [5.41, 5.74) is 3.10. The van der Waals surface area contributed by atoms with Crippen LogP contribution in [0, 0.1) is 0 Å². The molecule has 0 aliphatic heterocycles. The molecule has 3 nitrogen and oxygen atoms in total. The summed E-state index contributed by atoms with van der Waals surface area (Å²) < 4.78 is 0. The second-order valence-electron chi connectivity index (χ2n) is 5.86. The summed E-state index contributed by atoms with van der Waals surface area (Å²) in [6.07, 6.45) is 1.56. The third kappa shape index (κ3) is 4.35. The second-order valence-corrected chi connectivity index (χ2v) is 6.64. The van der Waals surface area contributed by atoms with Gasteiger partial charge in [-0.25, -0.2) is 0 Å². The van der Waals surface area contributed by atoms with Crippen molar-refractivity contribution < 1.29 is 9.59 Å². The molecule has 0 aliphatic rings. The van der Waals surface area contributed by atoms with E-state index in [9.17, 15) is 9.59 Å². The third-order valence-electron chi connectivity index (χ3n) is 4.00. The minimum Gasteiger partial charge on any atom is -0.307 e. The lowest BCUT2D eigenvalue weighted by Gasteiger charge is -2.24. The summed E-state index contributed by atoms with van der Waals surface area (Å²) in [5.74, 6) is -0.224. The fraction of sp³-hybridized carbons (Fsp3) is 0.0909. The number of nitrogens with zero attached hydrogens (tertiary/aromatic N) is 1. The van der Waals surface area contributed by atoms with Crippen LogP contribution in [-0.2, 0) is 11.3 Å². The topological polar surface area (TPSA) is 37.4 Å². The molecule has 0 unspecified atom stereocenters. The van der Waals surface area contributed by atoms with Crippen molar-refractivity contribution in [3.63, 3.8) is 0 Å². The Bertz CT molecular complexity index is 900. The van der Waals surface area contributed by atoms with Gasteiger partial charge in [0.2, 0.25) is 5.91 Å². The summed E-state index contributed by atoms with van der Waals surface area (Å²) in [5, 5.41) is 3.89. The number of rotatable bonds is 6. The minimum atomic E-state index is -0.119. The van der Waals surface area contributed by atoms with Crippen LogP contribution >= 0.6 is 11.3 Å². The maximum Gasteiger partial charge on any atom is 0.224 e. The van der Waals surface area contributed by atoms with Crippen molar-refractivity contribution >= 4 is 28.7 Å². The molecule has 130 valence electrons. The number of carbonyl (C=O) groups is 2. The molecule has 26 heavy (non-hydrogen) atoms. The lowest BCUT2D eigenvalue weighted by molar-refractivity contribution is -0.126. The second kappa shape index (κ2) is 8.41. The molecule has 0 saturated carbocycles. The SMILES string of the molecule is CC(=O)N(Cc1ccccc1)/C(=C/C(=O)c1ccccc1)c1ccsc1. The van der Waals surface area contributed by atoms with Crippen molar-refractivity contribution in [2.24, 2.45) is 0 Å². The monoisotopic (exact) mass is 361 g/mol. The summed E-state index contributed by atoms with van der Waals surface area (Å²) in [6.45, 7) is 1.94. The van der Waals surface area contributed by atoms with Gasteiger partial charge < -0.3 is 4.90 Å². The zero-order chi connectivity index (χ0) is 18.4. The Morgan fingerprint density at radius 1 is 0.923 bits per heavy atom. The van der Waals surface area contributed by atoms with E-state index in [0.717, 1.165) is 11.1 Å². The number of benzene rings is 2. The first-order chi connectivity index (χ1) is 12.6. The normalized spacial score (nSPS) is 11.2. The van der Waals surface area contributed by atoms with Crippen molar-refractivity contribution in [3.8, 4) is 0 Å². The van der Waals surface area contributed by atoms with Crippen molar-refractivity contribution in [1.82, 2.24) is 4.90 Å². The maximum atomic E-state index is 12.7. The molecule has 4 heteroatoms. The van der Waals surface area contributed by atoms with Crippen molar-refractivity contribution in [2.75, 3.05) is 0 Å². The molecule has 1 aromatic heterocycles. The number of hydrogen-bond acceptors (Lipinski definition) is 3. The molecule has 0 radical (unpaired) electrons. The van der Waals surface area contributed by atoms with E-state index in [0.29, 0.717) is 17.8 Å². The molecule has 0 saturated heterocycles. The van der Waals surface area contributed by atoms with Gasteiger partial charge in [-0.3, -0.25) is 9.59 Å². The van der Waals surface area contributed by atoms with Crippen LogP contribution in [0.25, 0.3) is 5.70 Å². The van der Waals surface area contributed by atoms with Crippen LogP contribution in [0.5, 0.6) is 0 Å². The van der Waals surface area contributed by atoms with Gasteiger partial charge in [0.15, 0.2) is 5.78 Å². The van der Waals surface area contributed by atoms with Gasteiger partial charge in [-0.15, -0.1) is 0 Å². The summed E-state index contributed by atoms with van der Waals surface area (Å²) in [4.78, 5) is 26.7. The Morgan fingerprint density at radius 3 is 2.15 bits per heavy atom. The third-order valence-corrected chi connectivity index (χ3v) is 4.68. The molecule has 2 aromatic carbocycles. The lowest BCUT2D eigenvalue weighted by atomic mass is 10.1. The van der Waals surface area contributed by atoms with Crippen LogP contribution in [-0.4, -0.2) is 16.6 Å². The van der Waals surface area contributed by atoms with E-state index in [-0.39, 0.29) is 11.7 Å². The highest BCUT2D eigenvalue weighted by molar-refractivity contribution is 7.08. The highest BCUT2D eigenvalue weighted by Crippen LogP contribution is 2.25. The quantitative estimate of drug-likeness (QED) is 0.457. The van der Waals surface area contributed by atoms with E-state index in [4.69, 9.17) is 0 Å². The zero-order valence-electron chi connectivity index (χ0n) is 14.5. The van der Waals surface area contributed by atoms with E-state index >= 15 is 0 Å². The molecule has 0 bridgehead atoms. The van der Waals surface area contributed by atoms with Crippen LogP contribution < -0.4 is 0 Å². The molecule has 0 N–H and O–H groups in total. The van der Waals surface area contributed by atoms with Gasteiger partial charge in [-0.1, -0.05) is 60.7 Å². The fourth-order valence-corrected chi connectivity index (χ4v) is 3.32. The average Bonchev–Trinajstić information content (AvgIpc) is 3.20. The number of hydrogen-bond donors (Lipinski definition) is 0. The van der Waals surface area contributed by atoms with E-state index in [1.54, 1.807) is 23.1 Å². The van der Waals surface area contributed by atoms with Crippen LogP contribution in [0.4, 0.5) is 0 Å². The maximum absolute atomic E-state index is 12.7. The molecule has 1 heterocycles. The largest absolute Gasteiger partial charge is 0.307 e. The van der Waals surface area contributed by atoms with Crippen molar-refractivity contribution in [2.45, 2.75) is 13.5 Å². The Kier molecular flexibility index (Phi) is 5.77. The van der Waals surface area contributed by atoms with Crippen molar-refractivity contribution in [3.05, 3.63) is 100 Å². The van der Waals surface area contributed by atoms with E-state index in [1.807, 2.05) is 65.4 Å². The number of thiophene rings is 1. The first-order valence-corrected chi connectivity index (χ1v) is 9.25. The van der Waals surface area contributed by atoms with Crippen LogP contribution in [0.2, 0.25) is 0 Å². The van der Waals surface area contributed by atoms with Gasteiger partial charge in [0, 0.05) is 29.5 Å². The minimum absolute atomic E-state index is 0.104. The van der Waals surface area contributed by atoms with Gasteiger partial charge in [0.1, 0.15) is 0 Å². The molecule has 0 atom stereocenters. The van der Waals surface area contributed by atoms with E-state index in [2.05, 4.69) is 0 Å². The predicted octanol–water partition coefficient (Wildman–Crippen LogP) is 5.02. The Morgan fingerprint density at radius 2 is 1.58 bits per heavy atom. The van der Waals surface area contributed by atoms with Gasteiger partial charge in [0.05, 0.1) is 12.2 Å². The Labute approximate surface area is 157 Å². The molecule has 0 aliphatic carbocycles. The molecule has 0 spiro atoms. The highest BCUT2D eigenvalue weighted by Gasteiger charge is 2.19. The Hall–Kier alpha value is -2.98. The summed E-state index contributed by atoms with van der Waals surface area (Å²) in [7, 11) is 0. The number of ketones is 1. The molecular formula is C22H19NO2S. The standard InChI is InChI=1S/C22H19NO2S/c1-17(24)23(15-18-8-4-2-5-9-18)21(20-12-13-26-16-20)14-22(25)19-10-6-3-7-11-19/h2-14,16H,15H2,1H3/b21-14+. The molecule has 3 aromatic rings. The summed E-state index contributed by atoms with van der Waals surface area (Å²) in [6, 6.07) is 20.8. The molecule has 3 rings (SSSR count). The number of amides is 1. The van der Waals surface area contributed by atoms with Crippen LogP contribution in [0.15, 0.2) is 83.6 Å². The average molecular weight is 361 g/mol. The fourth-order valence-electron chi connectivity index (χ4n) is 2.67. The van der Waals surface area contributed by atoms with Gasteiger partial charge in [-0.2, -0.15) is 11.3 Å². The zero-order valence-corrected chi connectivity index (χ0v) is 15.3. The molecule has 0 fully saturated rings. The Balaban J connectivity index is 2.00. The van der Waals surface area contributed by atoms with Crippen LogP contribution in [0.1, 0.15) is 28.4 Å². The molecular weight excluding hydrogens is 342 g/mol. The van der Waals surface area contributed by atoms with E-state index in [1.165, 1.54) is 18.3 Å². The van der Waals surface area contributed by atoms with Gasteiger partial charge in [-0.05, 0) is 17.0 Å². The van der Waals surface area contributed by atoms with Gasteiger partial charge >= 0.3 is 0 Å². The summed E-state index contributed by atoms with van der Waals surface area (Å²) >= 11 is 1.54. The van der Waals surface area contributed by atoms with Gasteiger partial charge in [0.25, 0.3) is 0 Å².